The Labute approximate surface area is 202 Å². The van der Waals surface area contributed by atoms with E-state index >= 15 is 0 Å². The second-order valence-corrected chi connectivity index (χ2v) is 9.88. The van der Waals surface area contributed by atoms with Crippen molar-refractivity contribution in [3.05, 3.63) is 29.8 Å². The first-order valence-electron chi connectivity index (χ1n) is 10.6. The van der Waals surface area contributed by atoms with Gasteiger partial charge < -0.3 is 15.0 Å². The van der Waals surface area contributed by atoms with Gasteiger partial charge in [0.25, 0.3) is 0 Å². The highest BCUT2D eigenvalue weighted by Gasteiger charge is 2.36. The maximum Gasteiger partial charge on any atom is 0.310 e. The van der Waals surface area contributed by atoms with Gasteiger partial charge in [0.15, 0.2) is 5.96 Å². The van der Waals surface area contributed by atoms with Gasteiger partial charge in [0.1, 0.15) is 0 Å². The summed E-state index contributed by atoms with van der Waals surface area (Å²) in [7, 11) is -1.98. The number of aliphatic imine (C=N–C) groups is 1. The fourth-order valence-electron chi connectivity index (χ4n) is 4.03. The number of nitrogens with one attached hydrogen (secondary N) is 1. The molecule has 2 atom stereocenters. The van der Waals surface area contributed by atoms with Gasteiger partial charge in [-0.1, -0.05) is 19.1 Å². The largest absolute Gasteiger partial charge is 0.469 e. The summed E-state index contributed by atoms with van der Waals surface area (Å²) in [6, 6.07) is 6.97. The number of hydrogen-bond acceptors (Lipinski definition) is 5. The third kappa shape index (κ3) is 6.10. The quantitative estimate of drug-likeness (QED) is 0.247. The van der Waals surface area contributed by atoms with Gasteiger partial charge in [-0.25, -0.2) is 13.4 Å². The minimum absolute atomic E-state index is 0. The molecule has 2 saturated heterocycles. The first kappa shape index (κ1) is 25.9. The number of sulfonamides is 1. The maximum atomic E-state index is 12.7. The topological polar surface area (TPSA) is 91.3 Å². The van der Waals surface area contributed by atoms with Gasteiger partial charge in [-0.15, -0.1) is 24.0 Å². The van der Waals surface area contributed by atoms with E-state index in [-0.39, 0.29) is 41.8 Å². The van der Waals surface area contributed by atoms with Crippen LogP contribution in [0.15, 0.2) is 34.2 Å². The highest BCUT2D eigenvalue weighted by atomic mass is 127. The molecular formula is C21H33IN4O4S. The Balaban J connectivity index is 0.00000341. The second kappa shape index (κ2) is 11.5. The Bertz CT molecular complexity index is 870. The van der Waals surface area contributed by atoms with Crippen LogP contribution in [-0.2, 0) is 26.1 Å². The van der Waals surface area contributed by atoms with Gasteiger partial charge in [-0.3, -0.25) is 4.79 Å². The van der Waals surface area contributed by atoms with Crippen LogP contribution >= 0.6 is 24.0 Å². The van der Waals surface area contributed by atoms with Crippen molar-refractivity contribution in [2.75, 3.05) is 39.8 Å². The molecule has 0 aromatic heterocycles. The highest BCUT2D eigenvalue weighted by molar-refractivity contribution is 14.0. The molecule has 0 saturated carbocycles. The van der Waals surface area contributed by atoms with Crippen LogP contribution < -0.4 is 5.32 Å². The van der Waals surface area contributed by atoms with Crippen molar-refractivity contribution < 1.29 is 17.9 Å². The molecule has 3 rings (SSSR count). The molecule has 0 aliphatic carbocycles. The number of methoxy groups -OCH3 is 1. The van der Waals surface area contributed by atoms with Crippen LogP contribution in [0, 0.1) is 11.8 Å². The van der Waals surface area contributed by atoms with Crippen molar-refractivity contribution in [2.45, 2.75) is 38.1 Å². The minimum atomic E-state index is -3.40. The molecule has 0 spiro atoms. The number of benzene rings is 1. The van der Waals surface area contributed by atoms with E-state index in [4.69, 9.17) is 9.73 Å². The Hall–Kier alpha value is -1.40. The van der Waals surface area contributed by atoms with Gasteiger partial charge in [0.2, 0.25) is 10.0 Å². The number of ether oxygens (including phenoxy) is 1. The van der Waals surface area contributed by atoms with E-state index in [0.717, 1.165) is 37.5 Å². The summed E-state index contributed by atoms with van der Waals surface area (Å²) in [5.41, 5.74) is 0.933. The smallest absolute Gasteiger partial charge is 0.310 e. The standard InChI is InChI=1S/C21H32N4O4S.HI/c1-4-22-21(24-14-16(2)19(15-24)20(26)29-3)23-13-17-7-9-18(10-8-17)30(27,28)25-11-5-6-12-25;/h7-10,16,19H,4-6,11-15H2,1-3H3,(H,22,23);1H. The van der Waals surface area contributed by atoms with E-state index in [2.05, 4.69) is 10.2 Å². The molecule has 8 nitrogen and oxygen atoms in total. The Morgan fingerprint density at radius 3 is 2.42 bits per heavy atom. The van der Waals surface area contributed by atoms with E-state index in [1.165, 1.54) is 7.11 Å². The predicted octanol–water partition coefficient (Wildman–Crippen LogP) is 2.30. The van der Waals surface area contributed by atoms with Crippen LogP contribution in [0.25, 0.3) is 0 Å². The lowest BCUT2D eigenvalue weighted by molar-refractivity contribution is -0.145. The van der Waals surface area contributed by atoms with Crippen molar-refractivity contribution in [3.8, 4) is 0 Å². The van der Waals surface area contributed by atoms with Crippen molar-refractivity contribution in [2.24, 2.45) is 16.8 Å². The van der Waals surface area contributed by atoms with Crippen LogP contribution in [0.5, 0.6) is 0 Å². The molecule has 2 aliphatic heterocycles. The number of esters is 1. The fraction of sp³-hybridized carbons (Fsp3) is 0.619. The summed E-state index contributed by atoms with van der Waals surface area (Å²) in [6.45, 7) is 7.71. The fourth-order valence-corrected chi connectivity index (χ4v) is 5.55. The van der Waals surface area contributed by atoms with E-state index in [9.17, 15) is 13.2 Å². The lowest BCUT2D eigenvalue weighted by Gasteiger charge is -2.21. The zero-order valence-electron chi connectivity index (χ0n) is 18.4. The SMILES string of the molecule is CCNC(=NCc1ccc(S(=O)(=O)N2CCCC2)cc1)N1CC(C)C(C(=O)OC)C1.I. The molecule has 1 aromatic rings. The van der Waals surface area contributed by atoms with Gasteiger partial charge in [0, 0.05) is 32.7 Å². The van der Waals surface area contributed by atoms with Gasteiger partial charge in [-0.2, -0.15) is 4.31 Å². The third-order valence-electron chi connectivity index (χ3n) is 5.79. The normalized spacial score (nSPS) is 22.3. The van der Waals surface area contributed by atoms with E-state index < -0.39 is 10.0 Å². The average Bonchev–Trinajstić information content (AvgIpc) is 3.41. The van der Waals surface area contributed by atoms with Crippen LogP contribution in [0.3, 0.4) is 0 Å². The molecule has 2 heterocycles. The molecule has 2 fully saturated rings. The zero-order chi connectivity index (χ0) is 21.7. The van der Waals surface area contributed by atoms with Crippen molar-refractivity contribution in [1.82, 2.24) is 14.5 Å². The number of halogens is 1. The Morgan fingerprint density at radius 2 is 1.84 bits per heavy atom. The average molecular weight is 564 g/mol. The van der Waals surface area contributed by atoms with E-state index in [1.807, 2.05) is 26.0 Å². The Morgan fingerprint density at radius 1 is 1.19 bits per heavy atom. The maximum absolute atomic E-state index is 12.7. The molecule has 1 N–H and O–H groups in total. The number of nitrogens with zero attached hydrogens (tertiary/aromatic N) is 3. The molecule has 0 amide bonds. The summed E-state index contributed by atoms with van der Waals surface area (Å²) in [5.74, 6) is 0.602. The van der Waals surface area contributed by atoms with Crippen LogP contribution in [0.2, 0.25) is 0 Å². The predicted molar refractivity (Wildman–Crippen MR) is 131 cm³/mol. The molecule has 31 heavy (non-hydrogen) atoms. The number of carbonyl (C=O) groups is 1. The zero-order valence-corrected chi connectivity index (χ0v) is 21.6. The number of guanidine groups is 1. The Kier molecular flexibility index (Phi) is 9.56. The molecule has 1 aromatic carbocycles. The third-order valence-corrected chi connectivity index (χ3v) is 7.70. The molecular weight excluding hydrogens is 531 g/mol. The molecule has 0 radical (unpaired) electrons. The van der Waals surface area contributed by atoms with E-state index in [1.54, 1.807) is 16.4 Å². The number of rotatable bonds is 6. The summed E-state index contributed by atoms with van der Waals surface area (Å²) in [5, 5.41) is 3.29. The monoisotopic (exact) mass is 564 g/mol. The summed E-state index contributed by atoms with van der Waals surface area (Å²) < 4.78 is 31.8. The first-order chi connectivity index (χ1) is 14.4. The molecule has 0 bridgehead atoms. The van der Waals surface area contributed by atoms with Crippen LogP contribution in [-0.4, -0.2) is 69.4 Å². The van der Waals surface area contributed by atoms with E-state index in [0.29, 0.717) is 31.1 Å². The highest BCUT2D eigenvalue weighted by Crippen LogP contribution is 2.24. The number of likely N-dealkylation sites (tertiary alicyclic amines) is 1. The van der Waals surface area contributed by atoms with Crippen molar-refractivity contribution in [3.63, 3.8) is 0 Å². The molecule has 174 valence electrons. The molecule has 2 unspecified atom stereocenters. The van der Waals surface area contributed by atoms with Gasteiger partial charge in [-0.05, 0) is 43.4 Å². The second-order valence-electron chi connectivity index (χ2n) is 7.94. The minimum Gasteiger partial charge on any atom is -0.469 e. The van der Waals surface area contributed by atoms with Crippen molar-refractivity contribution in [1.29, 1.82) is 0 Å². The van der Waals surface area contributed by atoms with Gasteiger partial charge >= 0.3 is 5.97 Å². The molecule has 2 aliphatic rings. The lowest BCUT2D eigenvalue weighted by Crippen LogP contribution is -2.40. The van der Waals surface area contributed by atoms with Crippen LogP contribution in [0.4, 0.5) is 0 Å². The summed E-state index contributed by atoms with van der Waals surface area (Å²) >= 11 is 0. The van der Waals surface area contributed by atoms with Gasteiger partial charge in [0.05, 0.1) is 24.5 Å². The number of hydrogen-bond donors (Lipinski definition) is 1. The van der Waals surface area contributed by atoms with Crippen molar-refractivity contribution >= 4 is 45.9 Å². The lowest BCUT2D eigenvalue weighted by atomic mass is 9.99. The molecule has 10 heteroatoms. The number of carbonyl (C=O) groups excluding carboxylic acids is 1. The summed E-state index contributed by atoms with van der Waals surface area (Å²) in [4.78, 5) is 19.1. The van der Waals surface area contributed by atoms with Crippen LogP contribution in [0.1, 0.15) is 32.3 Å². The first-order valence-corrected chi connectivity index (χ1v) is 12.0. The summed E-state index contributed by atoms with van der Waals surface area (Å²) in [6.07, 6.45) is 1.84.